The highest BCUT2D eigenvalue weighted by Gasteiger charge is 2.26. The van der Waals surface area contributed by atoms with Gasteiger partial charge >= 0.3 is 0 Å². The van der Waals surface area contributed by atoms with Gasteiger partial charge in [-0.25, -0.2) is 9.97 Å². The van der Waals surface area contributed by atoms with Crippen LogP contribution < -0.4 is 4.90 Å². The molecule has 0 atom stereocenters. The molecule has 1 saturated heterocycles. The zero-order valence-electron chi connectivity index (χ0n) is 13.5. The summed E-state index contributed by atoms with van der Waals surface area (Å²) >= 11 is 1.89. The Kier molecular flexibility index (Phi) is 3.78. The number of anilines is 1. The number of fused-ring (bicyclic) bond motifs is 3. The van der Waals surface area contributed by atoms with Crippen LogP contribution in [0.3, 0.4) is 0 Å². The SMILES string of the molecule is CN(C)CC1CCN(c2ncnc3sc4c(c23)CCC4)CC1. The first-order valence-corrected chi connectivity index (χ1v) is 9.19. The number of hydrogen-bond acceptors (Lipinski definition) is 5. The van der Waals surface area contributed by atoms with E-state index in [-0.39, 0.29) is 0 Å². The Morgan fingerprint density at radius 2 is 2.05 bits per heavy atom. The van der Waals surface area contributed by atoms with E-state index in [1.807, 2.05) is 11.3 Å². The number of piperidine rings is 1. The predicted octanol–water partition coefficient (Wildman–Crippen LogP) is 2.96. The highest BCUT2D eigenvalue weighted by atomic mass is 32.1. The lowest BCUT2D eigenvalue weighted by atomic mass is 9.96. The molecule has 0 saturated carbocycles. The van der Waals surface area contributed by atoms with Gasteiger partial charge in [0.25, 0.3) is 0 Å². The molecule has 3 heterocycles. The Labute approximate surface area is 136 Å². The fraction of sp³-hybridized carbons (Fsp3) is 0.647. The van der Waals surface area contributed by atoms with Gasteiger partial charge in [-0.3, -0.25) is 0 Å². The van der Waals surface area contributed by atoms with Crippen LogP contribution >= 0.6 is 11.3 Å². The van der Waals surface area contributed by atoms with Crippen molar-refractivity contribution in [2.24, 2.45) is 5.92 Å². The second-order valence-corrected chi connectivity index (χ2v) is 8.01. The second kappa shape index (κ2) is 5.78. The Morgan fingerprint density at radius 1 is 1.23 bits per heavy atom. The fourth-order valence-corrected chi connectivity index (χ4v) is 5.22. The Morgan fingerprint density at radius 3 is 2.82 bits per heavy atom. The molecule has 0 amide bonds. The number of thiophene rings is 1. The lowest BCUT2D eigenvalue weighted by Crippen LogP contribution is -2.37. The molecule has 0 aromatic carbocycles. The van der Waals surface area contributed by atoms with Crippen LogP contribution in [0, 0.1) is 5.92 Å². The van der Waals surface area contributed by atoms with E-state index in [0.717, 1.165) is 19.0 Å². The van der Waals surface area contributed by atoms with Gasteiger partial charge in [0.05, 0.1) is 5.39 Å². The summed E-state index contributed by atoms with van der Waals surface area (Å²) in [6, 6.07) is 0. The molecule has 2 aliphatic rings. The van der Waals surface area contributed by atoms with Gasteiger partial charge in [-0.15, -0.1) is 11.3 Å². The average molecular weight is 316 g/mol. The minimum Gasteiger partial charge on any atom is -0.356 e. The zero-order chi connectivity index (χ0) is 15.1. The number of hydrogen-bond donors (Lipinski definition) is 0. The number of aromatic nitrogens is 2. The molecule has 22 heavy (non-hydrogen) atoms. The van der Waals surface area contributed by atoms with Gasteiger partial charge in [0.15, 0.2) is 0 Å². The minimum atomic E-state index is 0.830. The van der Waals surface area contributed by atoms with E-state index in [2.05, 4.69) is 33.9 Å². The van der Waals surface area contributed by atoms with Crippen molar-refractivity contribution in [1.29, 1.82) is 0 Å². The monoisotopic (exact) mass is 316 g/mol. The summed E-state index contributed by atoms with van der Waals surface area (Å²) in [4.78, 5) is 16.8. The average Bonchev–Trinajstić information content (AvgIpc) is 3.07. The molecule has 0 N–H and O–H groups in total. The van der Waals surface area contributed by atoms with Crippen molar-refractivity contribution in [3.63, 3.8) is 0 Å². The lowest BCUT2D eigenvalue weighted by Gasteiger charge is -2.34. The maximum atomic E-state index is 4.68. The van der Waals surface area contributed by atoms with Gasteiger partial charge < -0.3 is 9.80 Å². The maximum absolute atomic E-state index is 4.68. The van der Waals surface area contributed by atoms with Crippen LogP contribution in [0.25, 0.3) is 10.2 Å². The first-order valence-electron chi connectivity index (χ1n) is 8.37. The topological polar surface area (TPSA) is 32.3 Å². The summed E-state index contributed by atoms with van der Waals surface area (Å²) in [7, 11) is 4.35. The van der Waals surface area contributed by atoms with Crippen molar-refractivity contribution < 1.29 is 0 Å². The van der Waals surface area contributed by atoms with E-state index in [4.69, 9.17) is 0 Å². The summed E-state index contributed by atoms with van der Waals surface area (Å²) in [6.07, 6.45) is 8.06. The summed E-state index contributed by atoms with van der Waals surface area (Å²) in [5.41, 5.74) is 1.55. The van der Waals surface area contributed by atoms with Crippen LogP contribution in [0.15, 0.2) is 6.33 Å². The molecular weight excluding hydrogens is 292 g/mol. The third-order valence-electron chi connectivity index (χ3n) is 5.02. The molecule has 1 aliphatic heterocycles. The van der Waals surface area contributed by atoms with E-state index in [1.165, 1.54) is 54.7 Å². The summed E-state index contributed by atoms with van der Waals surface area (Å²) in [5, 5.41) is 1.37. The van der Waals surface area contributed by atoms with Crippen molar-refractivity contribution in [3.05, 3.63) is 16.8 Å². The van der Waals surface area contributed by atoms with Crippen molar-refractivity contribution in [2.75, 3.05) is 38.6 Å². The molecule has 2 aromatic rings. The molecule has 1 aliphatic carbocycles. The minimum absolute atomic E-state index is 0.830. The molecule has 0 bridgehead atoms. The van der Waals surface area contributed by atoms with E-state index in [9.17, 15) is 0 Å². The molecule has 2 aromatic heterocycles. The largest absolute Gasteiger partial charge is 0.356 e. The van der Waals surface area contributed by atoms with Gasteiger partial charge in [-0.1, -0.05) is 0 Å². The van der Waals surface area contributed by atoms with Crippen molar-refractivity contribution >= 4 is 27.4 Å². The van der Waals surface area contributed by atoms with Crippen LogP contribution in [0.2, 0.25) is 0 Å². The van der Waals surface area contributed by atoms with Crippen LogP contribution in [-0.2, 0) is 12.8 Å². The first-order chi connectivity index (χ1) is 10.7. The van der Waals surface area contributed by atoms with E-state index >= 15 is 0 Å². The summed E-state index contributed by atoms with van der Waals surface area (Å²) in [6.45, 7) is 3.48. The van der Waals surface area contributed by atoms with Gasteiger partial charge in [0.1, 0.15) is 17.0 Å². The standard InChI is InChI=1S/C17H24N4S/c1-20(2)10-12-6-8-21(9-7-12)16-15-13-4-3-5-14(13)22-17(15)19-11-18-16/h11-12H,3-10H2,1-2H3. The van der Waals surface area contributed by atoms with Crippen molar-refractivity contribution in [3.8, 4) is 0 Å². The van der Waals surface area contributed by atoms with E-state index in [1.54, 1.807) is 16.8 Å². The molecule has 5 heteroatoms. The molecule has 4 nitrogen and oxygen atoms in total. The quantitative estimate of drug-likeness (QED) is 0.871. The van der Waals surface area contributed by atoms with Crippen molar-refractivity contribution in [2.45, 2.75) is 32.1 Å². The molecular formula is C17H24N4S. The Balaban J connectivity index is 1.60. The molecule has 118 valence electrons. The third-order valence-corrected chi connectivity index (χ3v) is 6.22. The fourth-order valence-electron chi connectivity index (χ4n) is 4.00. The molecule has 0 radical (unpaired) electrons. The lowest BCUT2D eigenvalue weighted by molar-refractivity contribution is 0.285. The predicted molar refractivity (Wildman–Crippen MR) is 92.9 cm³/mol. The van der Waals surface area contributed by atoms with Gasteiger partial charge in [-0.2, -0.15) is 0 Å². The number of rotatable bonds is 3. The number of aryl methyl sites for hydroxylation is 2. The van der Waals surface area contributed by atoms with Crippen LogP contribution in [-0.4, -0.2) is 48.6 Å². The Bertz CT molecular complexity index is 671. The Hall–Kier alpha value is -1.20. The van der Waals surface area contributed by atoms with Crippen LogP contribution in [0.1, 0.15) is 29.7 Å². The van der Waals surface area contributed by atoms with Crippen LogP contribution in [0.5, 0.6) is 0 Å². The highest BCUT2D eigenvalue weighted by molar-refractivity contribution is 7.19. The normalized spacial score (nSPS) is 19.3. The van der Waals surface area contributed by atoms with Crippen LogP contribution in [0.4, 0.5) is 5.82 Å². The number of nitrogens with zero attached hydrogens (tertiary/aromatic N) is 4. The molecule has 0 spiro atoms. The second-order valence-electron chi connectivity index (χ2n) is 6.93. The first kappa shape index (κ1) is 14.4. The maximum Gasteiger partial charge on any atom is 0.141 e. The molecule has 1 fully saturated rings. The van der Waals surface area contributed by atoms with E-state index < -0.39 is 0 Å². The van der Waals surface area contributed by atoms with Gasteiger partial charge in [0.2, 0.25) is 0 Å². The summed E-state index contributed by atoms with van der Waals surface area (Å²) in [5.74, 6) is 2.03. The van der Waals surface area contributed by atoms with Gasteiger partial charge in [-0.05, 0) is 57.7 Å². The molecule has 4 rings (SSSR count). The zero-order valence-corrected chi connectivity index (χ0v) is 14.3. The van der Waals surface area contributed by atoms with Gasteiger partial charge in [0, 0.05) is 24.5 Å². The van der Waals surface area contributed by atoms with E-state index in [0.29, 0.717) is 0 Å². The highest BCUT2D eigenvalue weighted by Crippen LogP contribution is 2.40. The summed E-state index contributed by atoms with van der Waals surface area (Å²) < 4.78 is 0. The molecule has 0 unspecified atom stereocenters. The smallest absolute Gasteiger partial charge is 0.141 e. The van der Waals surface area contributed by atoms with Crippen molar-refractivity contribution in [1.82, 2.24) is 14.9 Å². The third kappa shape index (κ3) is 2.50.